The van der Waals surface area contributed by atoms with Crippen LogP contribution in [0.15, 0.2) is 29.6 Å². The summed E-state index contributed by atoms with van der Waals surface area (Å²) in [5.74, 6) is -0.317. The number of amides is 2. The first-order chi connectivity index (χ1) is 12.5. The second kappa shape index (κ2) is 7.99. The average Bonchev–Trinajstić information content (AvgIpc) is 3.08. The summed E-state index contributed by atoms with van der Waals surface area (Å²) >= 11 is 1.47. The number of carbonyl (C=O) groups is 2. The lowest BCUT2D eigenvalue weighted by atomic mass is 9.95. The Labute approximate surface area is 157 Å². The molecule has 138 valence electrons. The molecule has 1 saturated heterocycles. The Morgan fingerprint density at radius 1 is 1.19 bits per heavy atom. The van der Waals surface area contributed by atoms with E-state index in [1.165, 1.54) is 17.4 Å². The van der Waals surface area contributed by atoms with Crippen molar-refractivity contribution >= 4 is 23.2 Å². The number of piperidine rings is 1. The van der Waals surface area contributed by atoms with Gasteiger partial charge in [-0.3, -0.25) is 9.59 Å². The lowest BCUT2D eigenvalue weighted by molar-refractivity contribution is -0.126. The van der Waals surface area contributed by atoms with Crippen molar-refractivity contribution in [2.75, 3.05) is 13.1 Å². The summed E-state index contributed by atoms with van der Waals surface area (Å²) in [6.07, 6.45) is 1.31. The number of hydrogen-bond donors (Lipinski definition) is 1. The van der Waals surface area contributed by atoms with Crippen molar-refractivity contribution in [1.82, 2.24) is 10.2 Å². The fourth-order valence-corrected chi connectivity index (χ4v) is 4.05. The predicted molar refractivity (Wildman–Crippen MR) is 101 cm³/mol. The van der Waals surface area contributed by atoms with Gasteiger partial charge >= 0.3 is 0 Å². The fourth-order valence-electron chi connectivity index (χ4n) is 3.16. The Kier molecular flexibility index (Phi) is 5.71. The molecular weight excluding hydrogens is 351 g/mol. The Morgan fingerprint density at radius 2 is 1.92 bits per heavy atom. The predicted octanol–water partition coefficient (Wildman–Crippen LogP) is 3.67. The van der Waals surface area contributed by atoms with Gasteiger partial charge in [-0.2, -0.15) is 0 Å². The van der Waals surface area contributed by atoms with Crippen LogP contribution in [0, 0.1) is 25.6 Å². The smallest absolute Gasteiger partial charge is 0.264 e. The maximum Gasteiger partial charge on any atom is 0.264 e. The summed E-state index contributed by atoms with van der Waals surface area (Å²) in [6, 6.07) is 6.95. The fraction of sp³-hybridized carbons (Fsp3) is 0.400. The third kappa shape index (κ3) is 4.12. The van der Waals surface area contributed by atoms with Crippen LogP contribution < -0.4 is 5.32 Å². The molecule has 1 aliphatic rings. The number of nitrogens with one attached hydrogen (secondary N) is 1. The van der Waals surface area contributed by atoms with Crippen LogP contribution in [0.25, 0.3) is 0 Å². The van der Waals surface area contributed by atoms with Crippen LogP contribution in [-0.2, 0) is 11.3 Å². The normalized spacial score (nSPS) is 15.1. The van der Waals surface area contributed by atoms with Gasteiger partial charge in [0.1, 0.15) is 5.82 Å². The number of rotatable bonds is 4. The lowest BCUT2D eigenvalue weighted by Crippen LogP contribution is -2.42. The van der Waals surface area contributed by atoms with E-state index < -0.39 is 0 Å². The maximum atomic E-state index is 13.6. The first kappa shape index (κ1) is 18.6. The number of hydrogen-bond acceptors (Lipinski definition) is 3. The third-order valence-electron chi connectivity index (χ3n) is 4.91. The zero-order valence-corrected chi connectivity index (χ0v) is 15.9. The second-order valence-electron chi connectivity index (χ2n) is 6.80. The zero-order chi connectivity index (χ0) is 18.7. The first-order valence-electron chi connectivity index (χ1n) is 8.82. The summed E-state index contributed by atoms with van der Waals surface area (Å²) in [6.45, 7) is 5.16. The maximum absolute atomic E-state index is 13.6. The van der Waals surface area contributed by atoms with Crippen LogP contribution in [0.3, 0.4) is 0 Å². The second-order valence-corrected chi connectivity index (χ2v) is 7.72. The molecule has 6 heteroatoms. The number of benzene rings is 1. The van der Waals surface area contributed by atoms with Gasteiger partial charge < -0.3 is 10.2 Å². The number of likely N-dealkylation sites (tertiary alicyclic amines) is 1. The molecule has 1 fully saturated rings. The topological polar surface area (TPSA) is 49.4 Å². The van der Waals surface area contributed by atoms with Gasteiger partial charge in [0.2, 0.25) is 5.91 Å². The Balaban J connectivity index is 1.49. The van der Waals surface area contributed by atoms with E-state index in [1.807, 2.05) is 29.3 Å². The van der Waals surface area contributed by atoms with Crippen molar-refractivity contribution in [3.8, 4) is 0 Å². The lowest BCUT2D eigenvalue weighted by Gasteiger charge is -2.31. The van der Waals surface area contributed by atoms with E-state index in [1.54, 1.807) is 13.0 Å². The van der Waals surface area contributed by atoms with E-state index >= 15 is 0 Å². The highest BCUT2D eigenvalue weighted by Gasteiger charge is 2.28. The zero-order valence-electron chi connectivity index (χ0n) is 15.0. The molecule has 0 spiro atoms. The van der Waals surface area contributed by atoms with Crippen molar-refractivity contribution in [2.45, 2.75) is 33.2 Å². The van der Waals surface area contributed by atoms with Gasteiger partial charge in [-0.15, -0.1) is 11.3 Å². The van der Waals surface area contributed by atoms with Crippen molar-refractivity contribution in [2.24, 2.45) is 5.92 Å². The number of thiophene rings is 1. The summed E-state index contributed by atoms with van der Waals surface area (Å²) in [7, 11) is 0. The molecule has 0 aliphatic carbocycles. The van der Waals surface area contributed by atoms with Crippen LogP contribution in [-0.4, -0.2) is 29.8 Å². The molecule has 2 aromatic rings. The highest BCUT2D eigenvalue weighted by atomic mass is 32.1. The molecule has 1 aliphatic heterocycles. The minimum Gasteiger partial charge on any atom is -0.352 e. The number of carbonyl (C=O) groups excluding carboxylic acids is 2. The van der Waals surface area contributed by atoms with Gasteiger partial charge in [-0.25, -0.2) is 4.39 Å². The quantitative estimate of drug-likeness (QED) is 0.888. The van der Waals surface area contributed by atoms with E-state index in [-0.39, 0.29) is 23.5 Å². The molecule has 1 aromatic carbocycles. The minimum absolute atomic E-state index is 0.0228. The molecule has 0 saturated carbocycles. The van der Waals surface area contributed by atoms with Gasteiger partial charge in [0.15, 0.2) is 0 Å². The van der Waals surface area contributed by atoms with Gasteiger partial charge in [0.05, 0.1) is 4.88 Å². The summed E-state index contributed by atoms with van der Waals surface area (Å²) in [5, 5.41) is 4.82. The van der Waals surface area contributed by atoms with E-state index in [4.69, 9.17) is 0 Å². The highest BCUT2D eigenvalue weighted by Crippen LogP contribution is 2.23. The van der Waals surface area contributed by atoms with Crippen LogP contribution in [0.5, 0.6) is 0 Å². The highest BCUT2D eigenvalue weighted by molar-refractivity contribution is 7.12. The molecule has 4 nitrogen and oxygen atoms in total. The van der Waals surface area contributed by atoms with Gasteiger partial charge in [-0.05, 0) is 60.9 Å². The Hall–Kier alpha value is -2.21. The van der Waals surface area contributed by atoms with Crippen LogP contribution in [0.1, 0.15) is 39.2 Å². The van der Waals surface area contributed by atoms with Crippen LogP contribution >= 0.6 is 11.3 Å². The molecule has 3 rings (SSSR count). The monoisotopic (exact) mass is 374 g/mol. The van der Waals surface area contributed by atoms with E-state index in [0.29, 0.717) is 38.0 Å². The standard InChI is InChI=1S/C20H23FN2O2S/c1-13-3-4-15(11-17(13)21)12-22-19(24)16-5-8-23(9-6-16)20(25)18-14(2)7-10-26-18/h3-4,7,10-11,16H,5-6,8-9,12H2,1-2H3,(H,22,24). The molecular formula is C20H23FN2O2S. The SMILES string of the molecule is Cc1ccc(CNC(=O)C2CCN(C(=O)c3sccc3C)CC2)cc1F. The van der Waals surface area contributed by atoms with Crippen LogP contribution in [0.4, 0.5) is 4.39 Å². The van der Waals surface area contributed by atoms with Crippen molar-refractivity contribution in [3.63, 3.8) is 0 Å². The number of aryl methyl sites for hydroxylation is 2. The molecule has 1 aromatic heterocycles. The molecule has 0 bridgehead atoms. The molecule has 2 amide bonds. The van der Waals surface area contributed by atoms with Gasteiger partial charge in [-0.1, -0.05) is 12.1 Å². The molecule has 0 radical (unpaired) electrons. The van der Waals surface area contributed by atoms with Crippen molar-refractivity contribution < 1.29 is 14.0 Å². The van der Waals surface area contributed by atoms with Gasteiger partial charge in [0.25, 0.3) is 5.91 Å². The average molecular weight is 374 g/mol. The largest absolute Gasteiger partial charge is 0.352 e. The van der Waals surface area contributed by atoms with E-state index in [0.717, 1.165) is 16.0 Å². The van der Waals surface area contributed by atoms with E-state index in [2.05, 4.69) is 5.32 Å². The summed E-state index contributed by atoms with van der Waals surface area (Å²) in [4.78, 5) is 27.5. The van der Waals surface area contributed by atoms with Crippen LogP contribution in [0.2, 0.25) is 0 Å². The Morgan fingerprint density at radius 3 is 2.54 bits per heavy atom. The van der Waals surface area contributed by atoms with E-state index in [9.17, 15) is 14.0 Å². The minimum atomic E-state index is -0.257. The molecule has 1 N–H and O–H groups in total. The molecule has 0 atom stereocenters. The molecule has 26 heavy (non-hydrogen) atoms. The molecule has 0 unspecified atom stereocenters. The Bertz CT molecular complexity index is 810. The van der Waals surface area contributed by atoms with Gasteiger partial charge in [0, 0.05) is 25.6 Å². The van der Waals surface area contributed by atoms with Crippen molar-refractivity contribution in [1.29, 1.82) is 0 Å². The van der Waals surface area contributed by atoms with Crippen molar-refractivity contribution in [3.05, 3.63) is 57.0 Å². The summed E-state index contributed by atoms with van der Waals surface area (Å²) < 4.78 is 13.6. The number of halogens is 1. The third-order valence-corrected chi connectivity index (χ3v) is 5.92. The summed E-state index contributed by atoms with van der Waals surface area (Å²) in [5.41, 5.74) is 2.35. The first-order valence-corrected chi connectivity index (χ1v) is 9.70. The molecule has 2 heterocycles. The number of nitrogens with zero attached hydrogens (tertiary/aromatic N) is 1.